The number of hydrogen-bond donors (Lipinski definition) is 3. The quantitative estimate of drug-likeness (QED) is 0.524. The van der Waals surface area contributed by atoms with Gasteiger partial charge >= 0.3 is 12.2 Å². The van der Waals surface area contributed by atoms with Crippen molar-refractivity contribution in [3.63, 3.8) is 0 Å². The monoisotopic (exact) mass is 451 g/mol. The number of carbonyl (C=O) groups is 3. The van der Waals surface area contributed by atoms with Crippen molar-refractivity contribution in [3.8, 4) is 12.3 Å². The number of rotatable bonds is 4. The Labute approximate surface area is 194 Å². The molecule has 8 nitrogen and oxygen atoms in total. The lowest BCUT2D eigenvalue weighted by Crippen LogP contribution is -2.28. The second-order valence-electron chi connectivity index (χ2n) is 9.23. The predicted octanol–water partition coefficient (Wildman–Crippen LogP) is 5.61. The second-order valence-corrected chi connectivity index (χ2v) is 9.23. The largest absolute Gasteiger partial charge is 0.444 e. The summed E-state index contributed by atoms with van der Waals surface area (Å²) in [7, 11) is 0. The van der Waals surface area contributed by atoms with E-state index < -0.39 is 29.3 Å². The summed E-state index contributed by atoms with van der Waals surface area (Å²) in [6.07, 6.45) is 4.01. The van der Waals surface area contributed by atoms with Gasteiger partial charge in [-0.3, -0.25) is 15.4 Å². The highest BCUT2D eigenvalue weighted by Gasteiger charge is 2.19. The first kappa shape index (κ1) is 25.3. The van der Waals surface area contributed by atoms with E-state index in [0.29, 0.717) is 11.3 Å². The third-order valence-corrected chi connectivity index (χ3v) is 3.77. The van der Waals surface area contributed by atoms with Gasteiger partial charge in [0.05, 0.1) is 0 Å². The lowest BCUT2D eigenvalue weighted by atomic mass is 10.1. The summed E-state index contributed by atoms with van der Waals surface area (Å²) >= 11 is 0. The zero-order chi connectivity index (χ0) is 24.8. The molecule has 2 aromatic rings. The Morgan fingerprint density at radius 2 is 1.27 bits per heavy atom. The highest BCUT2D eigenvalue weighted by molar-refractivity contribution is 6.06. The van der Waals surface area contributed by atoms with Crippen LogP contribution in [0.5, 0.6) is 0 Å². The highest BCUT2D eigenvalue weighted by Crippen LogP contribution is 2.23. The standard InChI is InChI=1S/C25H29N3O5/c1-8-16-10-9-11-18(12-16)26-21(29)17-13-19(27-22(30)32-24(2,3)4)15-20(14-17)28-23(31)33-25(5,6)7/h1,9-15H,2-7H3,(H,26,29)(H,27,30)(H,28,31). The Balaban J connectivity index is 2.32. The summed E-state index contributed by atoms with van der Waals surface area (Å²) < 4.78 is 10.5. The molecular formula is C25H29N3O5. The number of terminal acetylenes is 1. The van der Waals surface area contributed by atoms with Crippen LogP contribution in [-0.4, -0.2) is 29.3 Å². The summed E-state index contributed by atoms with van der Waals surface area (Å²) in [4.78, 5) is 37.4. The van der Waals surface area contributed by atoms with Crippen LogP contribution in [0.1, 0.15) is 57.5 Å². The molecule has 0 fully saturated rings. The summed E-state index contributed by atoms with van der Waals surface area (Å²) in [6.45, 7) is 10.4. The Morgan fingerprint density at radius 1 is 0.758 bits per heavy atom. The van der Waals surface area contributed by atoms with E-state index in [9.17, 15) is 14.4 Å². The number of amides is 3. The lowest BCUT2D eigenvalue weighted by molar-refractivity contribution is 0.0625. The third-order valence-electron chi connectivity index (χ3n) is 3.77. The van der Waals surface area contributed by atoms with Crippen LogP contribution in [0.3, 0.4) is 0 Å². The van der Waals surface area contributed by atoms with E-state index in [0.717, 1.165) is 0 Å². The Hall–Kier alpha value is -3.99. The van der Waals surface area contributed by atoms with E-state index in [2.05, 4.69) is 21.9 Å². The van der Waals surface area contributed by atoms with Crippen LogP contribution in [0.2, 0.25) is 0 Å². The molecule has 8 heteroatoms. The fourth-order valence-corrected chi connectivity index (χ4v) is 2.64. The van der Waals surface area contributed by atoms with E-state index in [1.165, 1.54) is 18.2 Å². The zero-order valence-electron chi connectivity index (χ0n) is 19.7. The molecule has 0 bridgehead atoms. The van der Waals surface area contributed by atoms with Gasteiger partial charge in [-0.25, -0.2) is 9.59 Å². The number of nitrogens with one attached hydrogen (secondary N) is 3. The molecule has 3 N–H and O–H groups in total. The van der Waals surface area contributed by atoms with Gasteiger partial charge in [-0.15, -0.1) is 6.42 Å². The van der Waals surface area contributed by atoms with Crippen LogP contribution < -0.4 is 16.0 Å². The van der Waals surface area contributed by atoms with Gasteiger partial charge < -0.3 is 14.8 Å². The average molecular weight is 452 g/mol. The maximum atomic E-state index is 12.9. The number of ether oxygens (including phenoxy) is 2. The molecule has 0 saturated carbocycles. The van der Waals surface area contributed by atoms with Crippen molar-refractivity contribution in [2.75, 3.05) is 16.0 Å². The molecule has 0 radical (unpaired) electrons. The molecule has 0 aromatic heterocycles. The minimum absolute atomic E-state index is 0.181. The van der Waals surface area contributed by atoms with Crippen LogP contribution in [0, 0.1) is 12.3 Å². The lowest BCUT2D eigenvalue weighted by Gasteiger charge is -2.21. The van der Waals surface area contributed by atoms with Crippen LogP contribution in [-0.2, 0) is 9.47 Å². The molecule has 2 rings (SSSR count). The number of benzene rings is 2. The van der Waals surface area contributed by atoms with Crippen molar-refractivity contribution in [1.29, 1.82) is 0 Å². The van der Waals surface area contributed by atoms with Crippen molar-refractivity contribution in [2.24, 2.45) is 0 Å². The second kappa shape index (κ2) is 10.1. The first-order valence-electron chi connectivity index (χ1n) is 10.3. The van der Waals surface area contributed by atoms with Gasteiger partial charge in [-0.2, -0.15) is 0 Å². The minimum atomic E-state index is -0.710. The third kappa shape index (κ3) is 8.95. The molecule has 3 amide bonds. The molecule has 0 aliphatic heterocycles. The summed E-state index contributed by atoms with van der Waals surface area (Å²) in [5, 5.41) is 7.90. The molecule has 0 aliphatic rings. The molecule has 0 aliphatic carbocycles. The predicted molar refractivity (Wildman–Crippen MR) is 128 cm³/mol. The fraction of sp³-hybridized carbons (Fsp3) is 0.320. The topological polar surface area (TPSA) is 106 Å². The molecule has 33 heavy (non-hydrogen) atoms. The number of carbonyl (C=O) groups excluding carboxylic acids is 3. The summed E-state index contributed by atoms with van der Waals surface area (Å²) in [5.74, 6) is 2.04. The van der Waals surface area contributed by atoms with Crippen molar-refractivity contribution in [1.82, 2.24) is 0 Å². The van der Waals surface area contributed by atoms with Crippen molar-refractivity contribution in [3.05, 3.63) is 53.6 Å². The van der Waals surface area contributed by atoms with Gasteiger partial charge in [-0.1, -0.05) is 12.0 Å². The Kier molecular flexibility index (Phi) is 7.72. The number of hydrogen-bond acceptors (Lipinski definition) is 5. The molecule has 0 spiro atoms. The number of anilines is 3. The summed E-state index contributed by atoms with van der Waals surface area (Å²) in [5.41, 5.74) is 0.377. The minimum Gasteiger partial charge on any atom is -0.444 e. The van der Waals surface area contributed by atoms with E-state index in [4.69, 9.17) is 15.9 Å². The van der Waals surface area contributed by atoms with Crippen LogP contribution in [0.4, 0.5) is 26.7 Å². The molecule has 174 valence electrons. The molecule has 0 unspecified atom stereocenters. The van der Waals surface area contributed by atoms with Crippen molar-refractivity contribution < 1.29 is 23.9 Å². The van der Waals surface area contributed by atoms with Gasteiger partial charge in [0.25, 0.3) is 5.91 Å². The van der Waals surface area contributed by atoms with Crippen LogP contribution in [0.25, 0.3) is 0 Å². The van der Waals surface area contributed by atoms with E-state index in [-0.39, 0.29) is 16.9 Å². The molecule has 0 saturated heterocycles. The van der Waals surface area contributed by atoms with Crippen LogP contribution in [0.15, 0.2) is 42.5 Å². The first-order valence-corrected chi connectivity index (χ1v) is 10.3. The first-order chi connectivity index (χ1) is 15.2. The molecular weight excluding hydrogens is 422 g/mol. The van der Waals surface area contributed by atoms with E-state index in [1.54, 1.807) is 65.8 Å². The maximum Gasteiger partial charge on any atom is 0.412 e. The SMILES string of the molecule is C#Cc1cccc(NC(=O)c2cc(NC(=O)OC(C)(C)C)cc(NC(=O)OC(C)(C)C)c2)c1. The normalized spacial score (nSPS) is 11.1. The van der Waals surface area contributed by atoms with Gasteiger partial charge in [-0.05, 0) is 77.9 Å². The maximum absolute atomic E-state index is 12.9. The molecule has 0 heterocycles. The van der Waals surface area contributed by atoms with Gasteiger partial charge in [0.2, 0.25) is 0 Å². The Bertz CT molecular complexity index is 1040. The van der Waals surface area contributed by atoms with Crippen LogP contribution >= 0.6 is 0 Å². The smallest absolute Gasteiger partial charge is 0.412 e. The van der Waals surface area contributed by atoms with Gasteiger partial charge in [0.1, 0.15) is 11.2 Å². The van der Waals surface area contributed by atoms with Crippen molar-refractivity contribution in [2.45, 2.75) is 52.7 Å². The fourth-order valence-electron chi connectivity index (χ4n) is 2.64. The Morgan fingerprint density at radius 3 is 1.73 bits per heavy atom. The van der Waals surface area contributed by atoms with Gasteiger partial charge in [0, 0.05) is 28.2 Å². The average Bonchev–Trinajstić information content (AvgIpc) is 2.64. The van der Waals surface area contributed by atoms with Crippen molar-refractivity contribution >= 4 is 35.2 Å². The molecule has 2 aromatic carbocycles. The highest BCUT2D eigenvalue weighted by atomic mass is 16.6. The van der Waals surface area contributed by atoms with E-state index in [1.807, 2.05) is 0 Å². The summed E-state index contributed by atoms with van der Waals surface area (Å²) in [6, 6.07) is 11.2. The van der Waals surface area contributed by atoms with Gasteiger partial charge in [0.15, 0.2) is 0 Å². The molecule has 0 atom stereocenters. The van der Waals surface area contributed by atoms with E-state index >= 15 is 0 Å². The zero-order valence-corrected chi connectivity index (χ0v) is 19.7.